The molecule has 0 saturated heterocycles. The predicted octanol–water partition coefficient (Wildman–Crippen LogP) is 2.32. The highest BCUT2D eigenvalue weighted by atomic mass is 14.9. The molecule has 0 spiro atoms. The Bertz CT molecular complexity index is 256. The molecule has 1 unspecified atom stereocenters. The van der Waals surface area contributed by atoms with Crippen molar-refractivity contribution in [3.05, 3.63) is 35.9 Å². The van der Waals surface area contributed by atoms with Crippen LogP contribution in [0.2, 0.25) is 0 Å². The van der Waals surface area contributed by atoms with Crippen molar-refractivity contribution in [2.45, 2.75) is 26.3 Å². The van der Waals surface area contributed by atoms with Gasteiger partial charge in [0.15, 0.2) is 0 Å². The average Bonchev–Trinajstić information content (AvgIpc) is 2.25. The maximum atomic E-state index is 6.07. The highest BCUT2D eigenvalue weighted by Crippen LogP contribution is 2.12. The predicted molar refractivity (Wildman–Crippen MR) is 65.7 cm³/mol. The molecule has 0 fully saturated rings. The summed E-state index contributed by atoms with van der Waals surface area (Å²) in [6.07, 6.45) is 0.997. The maximum Gasteiger partial charge on any atom is 0.0306 e. The van der Waals surface area contributed by atoms with E-state index >= 15 is 0 Å². The first-order chi connectivity index (χ1) is 7.20. The van der Waals surface area contributed by atoms with E-state index in [4.69, 9.17) is 5.73 Å². The topological polar surface area (TPSA) is 38.0 Å². The van der Waals surface area contributed by atoms with Crippen LogP contribution in [0.4, 0.5) is 0 Å². The van der Waals surface area contributed by atoms with Crippen molar-refractivity contribution >= 4 is 0 Å². The molecule has 0 heterocycles. The van der Waals surface area contributed by atoms with E-state index in [-0.39, 0.29) is 6.04 Å². The molecule has 15 heavy (non-hydrogen) atoms. The van der Waals surface area contributed by atoms with E-state index in [2.05, 4.69) is 31.3 Å². The van der Waals surface area contributed by atoms with E-state index in [9.17, 15) is 0 Å². The van der Waals surface area contributed by atoms with Gasteiger partial charge < -0.3 is 11.1 Å². The van der Waals surface area contributed by atoms with Crippen molar-refractivity contribution in [3.8, 4) is 0 Å². The van der Waals surface area contributed by atoms with E-state index in [0.717, 1.165) is 19.5 Å². The molecule has 3 N–H and O–H groups in total. The lowest BCUT2D eigenvalue weighted by atomic mass is 10.1. The van der Waals surface area contributed by atoms with Gasteiger partial charge in [0.2, 0.25) is 0 Å². The summed E-state index contributed by atoms with van der Waals surface area (Å²) < 4.78 is 0. The number of benzene rings is 1. The first-order valence-corrected chi connectivity index (χ1v) is 5.71. The van der Waals surface area contributed by atoms with Gasteiger partial charge in [0.05, 0.1) is 0 Å². The molecule has 84 valence electrons. The number of nitrogens with one attached hydrogen (secondary N) is 1. The molecule has 1 aromatic rings. The third-order valence-electron chi connectivity index (χ3n) is 2.41. The van der Waals surface area contributed by atoms with E-state index in [1.54, 1.807) is 0 Å². The van der Waals surface area contributed by atoms with E-state index in [1.807, 2.05) is 18.2 Å². The Morgan fingerprint density at radius 1 is 1.20 bits per heavy atom. The minimum atomic E-state index is 0.158. The minimum absolute atomic E-state index is 0.158. The van der Waals surface area contributed by atoms with Crippen LogP contribution in [-0.4, -0.2) is 13.1 Å². The molecule has 0 aliphatic rings. The van der Waals surface area contributed by atoms with Crippen molar-refractivity contribution < 1.29 is 0 Å². The fourth-order valence-corrected chi connectivity index (χ4v) is 1.52. The van der Waals surface area contributed by atoms with Crippen LogP contribution >= 0.6 is 0 Å². The van der Waals surface area contributed by atoms with E-state index < -0.39 is 0 Å². The van der Waals surface area contributed by atoms with Crippen LogP contribution in [-0.2, 0) is 0 Å². The molecular weight excluding hydrogens is 184 g/mol. The lowest BCUT2D eigenvalue weighted by Crippen LogP contribution is -2.24. The first kappa shape index (κ1) is 12.2. The van der Waals surface area contributed by atoms with Crippen molar-refractivity contribution in [2.24, 2.45) is 11.7 Å². The Morgan fingerprint density at radius 2 is 1.87 bits per heavy atom. The van der Waals surface area contributed by atoms with Crippen LogP contribution in [0.5, 0.6) is 0 Å². The van der Waals surface area contributed by atoms with E-state index in [0.29, 0.717) is 5.92 Å². The smallest absolute Gasteiger partial charge is 0.0306 e. The summed E-state index contributed by atoms with van der Waals surface area (Å²) in [7, 11) is 0. The quantitative estimate of drug-likeness (QED) is 0.701. The fraction of sp³-hybridized carbons (Fsp3) is 0.538. The summed E-state index contributed by atoms with van der Waals surface area (Å²) >= 11 is 0. The van der Waals surface area contributed by atoms with Gasteiger partial charge in [0, 0.05) is 6.04 Å². The van der Waals surface area contributed by atoms with Gasteiger partial charge in [-0.3, -0.25) is 0 Å². The van der Waals surface area contributed by atoms with Crippen molar-refractivity contribution in [2.75, 3.05) is 13.1 Å². The van der Waals surface area contributed by atoms with Crippen LogP contribution in [0.15, 0.2) is 30.3 Å². The van der Waals surface area contributed by atoms with Crippen molar-refractivity contribution in [3.63, 3.8) is 0 Å². The standard InChI is InChI=1S/C13H22N2/c1-11(2)10-15-9-8-13(14)12-6-4-3-5-7-12/h3-7,11,13,15H,8-10,14H2,1-2H3. The lowest BCUT2D eigenvalue weighted by molar-refractivity contribution is 0.519. The molecule has 0 radical (unpaired) electrons. The third kappa shape index (κ3) is 4.96. The van der Waals surface area contributed by atoms with Crippen molar-refractivity contribution in [1.82, 2.24) is 5.32 Å². The maximum absolute atomic E-state index is 6.07. The number of rotatable bonds is 6. The SMILES string of the molecule is CC(C)CNCCC(N)c1ccccc1. The number of nitrogens with two attached hydrogens (primary N) is 1. The molecule has 1 atom stereocenters. The lowest BCUT2D eigenvalue weighted by Gasteiger charge is -2.13. The summed E-state index contributed by atoms with van der Waals surface area (Å²) in [4.78, 5) is 0. The molecule has 0 amide bonds. The minimum Gasteiger partial charge on any atom is -0.324 e. The molecule has 0 saturated carbocycles. The van der Waals surface area contributed by atoms with E-state index in [1.165, 1.54) is 5.56 Å². The molecule has 0 aliphatic heterocycles. The van der Waals surface area contributed by atoms with Gasteiger partial charge in [-0.2, -0.15) is 0 Å². The Kier molecular flexibility index (Phi) is 5.37. The second kappa shape index (κ2) is 6.59. The number of hydrogen-bond donors (Lipinski definition) is 2. The van der Waals surface area contributed by atoms with Gasteiger partial charge >= 0.3 is 0 Å². The monoisotopic (exact) mass is 206 g/mol. The highest BCUT2D eigenvalue weighted by Gasteiger charge is 2.04. The van der Waals surface area contributed by atoms with Crippen LogP contribution in [0.1, 0.15) is 31.9 Å². The van der Waals surface area contributed by atoms with Crippen LogP contribution in [0, 0.1) is 5.92 Å². The van der Waals surface area contributed by atoms with Gasteiger partial charge in [-0.1, -0.05) is 44.2 Å². The fourth-order valence-electron chi connectivity index (χ4n) is 1.52. The molecule has 0 aromatic heterocycles. The Hall–Kier alpha value is -0.860. The van der Waals surface area contributed by atoms with Crippen LogP contribution in [0.3, 0.4) is 0 Å². The van der Waals surface area contributed by atoms with Gasteiger partial charge in [-0.05, 0) is 31.0 Å². The normalized spacial score (nSPS) is 13.1. The second-order valence-electron chi connectivity index (χ2n) is 4.40. The highest BCUT2D eigenvalue weighted by molar-refractivity contribution is 5.18. The number of hydrogen-bond acceptors (Lipinski definition) is 2. The zero-order valence-electron chi connectivity index (χ0n) is 9.74. The molecule has 1 aromatic carbocycles. The zero-order valence-corrected chi connectivity index (χ0v) is 9.74. The van der Waals surface area contributed by atoms with Crippen LogP contribution < -0.4 is 11.1 Å². The van der Waals surface area contributed by atoms with Gasteiger partial charge in [0.25, 0.3) is 0 Å². The molecule has 2 heteroatoms. The summed E-state index contributed by atoms with van der Waals surface area (Å²) in [6, 6.07) is 10.4. The Labute approximate surface area is 92.9 Å². The summed E-state index contributed by atoms with van der Waals surface area (Å²) in [5, 5.41) is 3.41. The summed E-state index contributed by atoms with van der Waals surface area (Å²) in [5.41, 5.74) is 7.30. The first-order valence-electron chi connectivity index (χ1n) is 5.71. The molecular formula is C13H22N2. The molecule has 2 nitrogen and oxygen atoms in total. The summed E-state index contributed by atoms with van der Waals surface area (Å²) in [5.74, 6) is 0.706. The largest absolute Gasteiger partial charge is 0.324 e. The van der Waals surface area contributed by atoms with Gasteiger partial charge in [-0.15, -0.1) is 0 Å². The van der Waals surface area contributed by atoms with Crippen LogP contribution in [0.25, 0.3) is 0 Å². The average molecular weight is 206 g/mol. The second-order valence-corrected chi connectivity index (χ2v) is 4.40. The Morgan fingerprint density at radius 3 is 2.47 bits per heavy atom. The molecule has 0 bridgehead atoms. The van der Waals surface area contributed by atoms with Gasteiger partial charge in [0.1, 0.15) is 0 Å². The summed E-state index contributed by atoms with van der Waals surface area (Å²) in [6.45, 7) is 6.49. The zero-order chi connectivity index (χ0) is 11.1. The molecule has 0 aliphatic carbocycles. The molecule has 1 rings (SSSR count). The van der Waals surface area contributed by atoms with Crippen molar-refractivity contribution in [1.29, 1.82) is 0 Å². The Balaban J connectivity index is 2.22. The van der Waals surface area contributed by atoms with Gasteiger partial charge in [-0.25, -0.2) is 0 Å². The third-order valence-corrected chi connectivity index (χ3v) is 2.41.